The van der Waals surface area contributed by atoms with E-state index in [4.69, 9.17) is 4.74 Å². The summed E-state index contributed by atoms with van der Waals surface area (Å²) in [6.07, 6.45) is 2.18. The monoisotopic (exact) mass is 304 g/mol. The predicted molar refractivity (Wildman–Crippen MR) is 84.0 cm³/mol. The number of aromatic hydroxyl groups is 1. The Labute approximate surface area is 131 Å². The molecule has 5 nitrogen and oxygen atoms in total. The molecule has 1 spiro atoms. The summed E-state index contributed by atoms with van der Waals surface area (Å²) in [7, 11) is 4.17. The number of phenolic OH excluding ortho intramolecular Hbond substituents is 1. The highest BCUT2D eigenvalue weighted by molar-refractivity contribution is 5.95. The van der Waals surface area contributed by atoms with Crippen molar-refractivity contribution in [1.82, 2.24) is 9.80 Å². The number of likely N-dealkylation sites (tertiary alicyclic amines) is 1. The number of nitrogens with zero attached hydrogens (tertiary/aromatic N) is 2. The van der Waals surface area contributed by atoms with Crippen LogP contribution >= 0.6 is 0 Å². The van der Waals surface area contributed by atoms with Crippen molar-refractivity contribution in [3.05, 3.63) is 29.8 Å². The van der Waals surface area contributed by atoms with E-state index in [2.05, 4.69) is 19.0 Å². The second-order valence-electron chi connectivity index (χ2n) is 6.87. The van der Waals surface area contributed by atoms with Gasteiger partial charge in [-0.2, -0.15) is 0 Å². The third-order valence-electron chi connectivity index (χ3n) is 4.60. The first-order valence-electron chi connectivity index (χ1n) is 7.84. The number of amides is 1. The Bertz CT molecular complexity index is 543. The van der Waals surface area contributed by atoms with Gasteiger partial charge in [0.05, 0.1) is 19.7 Å². The first-order chi connectivity index (χ1) is 10.5. The topological polar surface area (TPSA) is 53.0 Å². The van der Waals surface area contributed by atoms with E-state index in [1.165, 1.54) is 6.07 Å². The van der Waals surface area contributed by atoms with Crippen LogP contribution in [0.1, 0.15) is 23.2 Å². The number of phenols is 1. The van der Waals surface area contributed by atoms with Crippen LogP contribution in [0.4, 0.5) is 0 Å². The Hall–Kier alpha value is -1.59. The normalized spacial score (nSPS) is 23.6. The van der Waals surface area contributed by atoms with Crippen LogP contribution in [0.2, 0.25) is 0 Å². The SMILES string of the molecule is CN(C)CC1CCC2(CN(C(=O)c3cccc(O)c3)C2)OC1. The van der Waals surface area contributed by atoms with Crippen molar-refractivity contribution in [2.75, 3.05) is 40.3 Å². The molecule has 1 atom stereocenters. The lowest BCUT2D eigenvalue weighted by Crippen LogP contribution is -2.66. The summed E-state index contributed by atoms with van der Waals surface area (Å²) in [5.41, 5.74) is 0.408. The molecule has 2 aliphatic heterocycles. The maximum Gasteiger partial charge on any atom is 0.254 e. The lowest BCUT2D eigenvalue weighted by molar-refractivity contribution is -0.168. The number of ether oxygens (including phenoxy) is 1. The molecule has 2 heterocycles. The van der Waals surface area contributed by atoms with Crippen LogP contribution in [-0.4, -0.2) is 66.8 Å². The van der Waals surface area contributed by atoms with E-state index in [1.807, 2.05) is 0 Å². The first-order valence-corrected chi connectivity index (χ1v) is 7.84. The van der Waals surface area contributed by atoms with Crippen molar-refractivity contribution in [2.45, 2.75) is 18.4 Å². The van der Waals surface area contributed by atoms with E-state index in [9.17, 15) is 9.90 Å². The van der Waals surface area contributed by atoms with Crippen LogP contribution in [-0.2, 0) is 4.74 Å². The fourth-order valence-corrected chi connectivity index (χ4v) is 3.44. The molecule has 0 radical (unpaired) electrons. The number of hydrogen-bond acceptors (Lipinski definition) is 4. The van der Waals surface area contributed by atoms with Gasteiger partial charge in [-0.3, -0.25) is 4.79 Å². The van der Waals surface area contributed by atoms with Gasteiger partial charge in [-0.1, -0.05) is 6.07 Å². The first kappa shape index (κ1) is 15.3. The van der Waals surface area contributed by atoms with E-state index >= 15 is 0 Å². The van der Waals surface area contributed by atoms with Gasteiger partial charge in [0.25, 0.3) is 5.91 Å². The van der Waals surface area contributed by atoms with Crippen LogP contribution in [0.15, 0.2) is 24.3 Å². The minimum atomic E-state index is -0.130. The summed E-state index contributed by atoms with van der Waals surface area (Å²) in [6, 6.07) is 6.52. The maximum atomic E-state index is 12.4. The summed E-state index contributed by atoms with van der Waals surface area (Å²) >= 11 is 0. The minimum absolute atomic E-state index is 0.0273. The molecule has 2 aliphatic rings. The van der Waals surface area contributed by atoms with Crippen molar-refractivity contribution < 1.29 is 14.6 Å². The summed E-state index contributed by atoms with van der Waals surface area (Å²) in [6.45, 7) is 3.17. The highest BCUT2D eigenvalue weighted by Crippen LogP contribution is 2.36. The van der Waals surface area contributed by atoms with E-state index in [0.717, 1.165) is 26.0 Å². The molecule has 1 aromatic rings. The van der Waals surface area contributed by atoms with Crippen LogP contribution in [0.3, 0.4) is 0 Å². The molecule has 0 aromatic heterocycles. The highest BCUT2D eigenvalue weighted by atomic mass is 16.5. The Morgan fingerprint density at radius 3 is 2.82 bits per heavy atom. The Balaban J connectivity index is 1.53. The van der Waals surface area contributed by atoms with Crippen LogP contribution in [0.5, 0.6) is 5.75 Å². The molecule has 2 fully saturated rings. The van der Waals surface area contributed by atoms with Crippen molar-refractivity contribution >= 4 is 5.91 Å². The van der Waals surface area contributed by atoms with Crippen molar-refractivity contribution in [2.24, 2.45) is 5.92 Å². The summed E-state index contributed by atoms with van der Waals surface area (Å²) < 4.78 is 6.08. The molecule has 1 aromatic carbocycles. The van der Waals surface area contributed by atoms with E-state index in [1.54, 1.807) is 23.1 Å². The molecule has 2 saturated heterocycles. The molecule has 1 unspecified atom stereocenters. The van der Waals surface area contributed by atoms with Gasteiger partial charge in [0.2, 0.25) is 0 Å². The molecular weight excluding hydrogens is 280 g/mol. The van der Waals surface area contributed by atoms with Gasteiger partial charge in [0, 0.05) is 12.1 Å². The van der Waals surface area contributed by atoms with Gasteiger partial charge in [0.1, 0.15) is 11.4 Å². The van der Waals surface area contributed by atoms with Crippen LogP contribution in [0, 0.1) is 5.92 Å². The maximum absolute atomic E-state index is 12.4. The average molecular weight is 304 g/mol. The fourth-order valence-electron chi connectivity index (χ4n) is 3.44. The number of hydrogen-bond donors (Lipinski definition) is 1. The van der Waals surface area contributed by atoms with Gasteiger partial charge >= 0.3 is 0 Å². The van der Waals surface area contributed by atoms with Crippen molar-refractivity contribution in [3.63, 3.8) is 0 Å². The van der Waals surface area contributed by atoms with Crippen LogP contribution in [0.25, 0.3) is 0 Å². The molecule has 120 valence electrons. The lowest BCUT2D eigenvalue weighted by Gasteiger charge is -2.53. The van der Waals surface area contributed by atoms with Crippen molar-refractivity contribution in [1.29, 1.82) is 0 Å². The minimum Gasteiger partial charge on any atom is -0.508 e. The van der Waals surface area contributed by atoms with Crippen molar-refractivity contribution in [3.8, 4) is 5.75 Å². The zero-order valence-corrected chi connectivity index (χ0v) is 13.3. The van der Waals surface area contributed by atoms with Gasteiger partial charge in [-0.15, -0.1) is 0 Å². The third-order valence-corrected chi connectivity index (χ3v) is 4.60. The van der Waals surface area contributed by atoms with Gasteiger partial charge in [0.15, 0.2) is 0 Å². The second-order valence-corrected chi connectivity index (χ2v) is 6.87. The standard InChI is InChI=1S/C17H24N2O3/c1-18(2)9-13-6-7-17(22-10-13)11-19(12-17)16(21)14-4-3-5-15(20)8-14/h3-5,8,13,20H,6-7,9-12H2,1-2H3. The molecule has 1 amide bonds. The van der Waals surface area contributed by atoms with E-state index in [-0.39, 0.29) is 17.3 Å². The van der Waals surface area contributed by atoms with Gasteiger partial charge in [-0.25, -0.2) is 0 Å². The summed E-state index contributed by atoms with van der Waals surface area (Å²) in [5, 5.41) is 9.48. The Morgan fingerprint density at radius 2 is 2.23 bits per heavy atom. The Kier molecular flexibility index (Phi) is 4.10. The largest absolute Gasteiger partial charge is 0.508 e. The second kappa shape index (κ2) is 5.89. The molecular formula is C17H24N2O3. The average Bonchev–Trinajstić information content (AvgIpc) is 2.44. The molecule has 5 heteroatoms. The molecule has 3 rings (SSSR count). The lowest BCUT2D eigenvalue weighted by atomic mass is 9.82. The van der Waals surface area contributed by atoms with E-state index < -0.39 is 0 Å². The fraction of sp³-hybridized carbons (Fsp3) is 0.588. The molecule has 0 bridgehead atoms. The van der Waals surface area contributed by atoms with Gasteiger partial charge in [-0.05, 0) is 51.1 Å². The quantitative estimate of drug-likeness (QED) is 0.921. The Morgan fingerprint density at radius 1 is 1.45 bits per heavy atom. The highest BCUT2D eigenvalue weighted by Gasteiger charge is 2.48. The summed E-state index contributed by atoms with van der Waals surface area (Å²) in [4.78, 5) is 16.4. The van der Waals surface area contributed by atoms with Gasteiger partial charge < -0.3 is 19.6 Å². The smallest absolute Gasteiger partial charge is 0.254 e. The molecule has 22 heavy (non-hydrogen) atoms. The molecule has 0 aliphatic carbocycles. The molecule has 1 N–H and O–H groups in total. The predicted octanol–water partition coefficient (Wildman–Crippen LogP) is 1.57. The number of benzene rings is 1. The number of carbonyl (C=O) groups excluding carboxylic acids is 1. The summed E-state index contributed by atoms with van der Waals surface area (Å²) in [5.74, 6) is 0.693. The number of rotatable bonds is 3. The number of carbonyl (C=O) groups is 1. The van der Waals surface area contributed by atoms with Crippen LogP contribution < -0.4 is 0 Å². The third kappa shape index (κ3) is 3.10. The zero-order chi connectivity index (χ0) is 15.7. The zero-order valence-electron chi connectivity index (χ0n) is 13.3. The van der Waals surface area contributed by atoms with E-state index in [0.29, 0.717) is 24.6 Å². The molecule has 0 saturated carbocycles.